The molecule has 2 atom stereocenters. The van der Waals surface area contributed by atoms with Crippen molar-refractivity contribution in [2.24, 2.45) is 15.9 Å². The molecule has 1 amide bonds. The van der Waals surface area contributed by atoms with Crippen molar-refractivity contribution in [3.63, 3.8) is 0 Å². The van der Waals surface area contributed by atoms with Gasteiger partial charge in [0.05, 0.1) is 17.6 Å². The number of nitrogens with zero attached hydrogens (tertiary/aromatic N) is 3. The maximum Gasteiger partial charge on any atom is 0.310 e. The van der Waals surface area contributed by atoms with Gasteiger partial charge in [0.2, 0.25) is 5.91 Å². The lowest BCUT2D eigenvalue weighted by Crippen LogP contribution is -2.37. The molecule has 0 aromatic heterocycles. The molecule has 0 saturated carbocycles. The van der Waals surface area contributed by atoms with Crippen LogP contribution in [0.15, 0.2) is 35.4 Å². The van der Waals surface area contributed by atoms with Gasteiger partial charge in [-0.15, -0.1) is 0 Å². The predicted molar refractivity (Wildman–Crippen MR) is 149 cm³/mol. The number of aliphatic carboxylic acids is 1. The Morgan fingerprint density at radius 1 is 1.24 bits per heavy atom. The van der Waals surface area contributed by atoms with Crippen LogP contribution in [-0.2, 0) is 16.0 Å². The van der Waals surface area contributed by atoms with E-state index in [2.05, 4.69) is 47.4 Å². The molecule has 1 saturated heterocycles. The summed E-state index contributed by atoms with van der Waals surface area (Å²) in [6.45, 7) is 11.8. The van der Waals surface area contributed by atoms with Crippen molar-refractivity contribution in [3.05, 3.63) is 58.1 Å². The van der Waals surface area contributed by atoms with Crippen molar-refractivity contribution < 1.29 is 14.7 Å². The van der Waals surface area contributed by atoms with Gasteiger partial charge in [0.15, 0.2) is 0 Å². The second-order valence-corrected chi connectivity index (χ2v) is 12.3. The van der Waals surface area contributed by atoms with Crippen LogP contribution in [0.3, 0.4) is 0 Å². The van der Waals surface area contributed by atoms with Gasteiger partial charge in [-0.2, -0.15) is 5.11 Å². The van der Waals surface area contributed by atoms with Crippen molar-refractivity contribution in [2.45, 2.75) is 59.4 Å². The molecule has 4 rings (SSSR count). The number of nitrogens with one attached hydrogen (secondary N) is 2. The molecule has 1 fully saturated rings. The van der Waals surface area contributed by atoms with Crippen LogP contribution in [0, 0.1) is 23.3 Å². The Labute approximate surface area is 225 Å². The molecule has 2 aromatic rings. The summed E-state index contributed by atoms with van der Waals surface area (Å²) in [5.74, 6) is -1.20. The maximum atomic E-state index is 12.9. The molecule has 8 heteroatoms. The van der Waals surface area contributed by atoms with E-state index in [0.717, 1.165) is 48.3 Å². The zero-order chi connectivity index (χ0) is 28.0. The van der Waals surface area contributed by atoms with Crippen LogP contribution in [0.4, 0.5) is 11.4 Å². The molecule has 204 valence electrons. The Balaban J connectivity index is 1.83. The molecule has 8 nitrogen and oxygen atoms in total. The number of rotatable bonds is 7. The summed E-state index contributed by atoms with van der Waals surface area (Å²) in [5.41, 5.74) is 12.9. The van der Waals surface area contributed by atoms with Crippen LogP contribution in [0.1, 0.15) is 73.9 Å². The van der Waals surface area contributed by atoms with E-state index in [9.17, 15) is 14.7 Å². The summed E-state index contributed by atoms with van der Waals surface area (Å²) in [5, 5.41) is 17.2. The molecule has 1 heterocycles. The van der Waals surface area contributed by atoms with E-state index in [-0.39, 0.29) is 17.4 Å². The third kappa shape index (κ3) is 4.94. The van der Waals surface area contributed by atoms with Crippen LogP contribution < -0.4 is 5.32 Å². The Hall–Kier alpha value is -3.26. The first-order valence-electron chi connectivity index (χ1n) is 13.3. The monoisotopic (exact) mass is 519 g/mol. The summed E-state index contributed by atoms with van der Waals surface area (Å²) in [6.07, 6.45) is 1.88. The third-order valence-corrected chi connectivity index (χ3v) is 8.49. The first-order valence-corrected chi connectivity index (χ1v) is 13.3. The van der Waals surface area contributed by atoms with E-state index < -0.39 is 17.3 Å². The van der Waals surface area contributed by atoms with Gasteiger partial charge in [-0.3, -0.25) is 14.5 Å². The summed E-state index contributed by atoms with van der Waals surface area (Å²) in [4.78, 5) is 29.6. The number of amides is 1. The molecular weight excluding hydrogens is 478 g/mol. The highest BCUT2D eigenvalue weighted by Crippen LogP contribution is 2.47. The topological polar surface area (TPSA) is 109 Å². The number of benzene rings is 2. The van der Waals surface area contributed by atoms with Crippen LogP contribution in [0.5, 0.6) is 0 Å². The SMILES string of the molecule is CNc1ccc([C@H](c2ccc3c(c2)[C@@H](N2CC(=O)N(C)CC(C)(C)C2)CC3)C(C)(C)C(=O)O)c(C)c1N=N. The highest BCUT2D eigenvalue weighted by Gasteiger charge is 2.42. The van der Waals surface area contributed by atoms with E-state index in [0.29, 0.717) is 12.2 Å². The fraction of sp³-hybridized carbons (Fsp3) is 0.533. The molecule has 3 N–H and O–H groups in total. The predicted octanol–water partition coefficient (Wildman–Crippen LogP) is 5.73. The van der Waals surface area contributed by atoms with Crippen molar-refractivity contribution in [3.8, 4) is 0 Å². The number of carbonyl (C=O) groups is 2. The van der Waals surface area contributed by atoms with Crippen molar-refractivity contribution >= 4 is 23.3 Å². The van der Waals surface area contributed by atoms with E-state index in [1.807, 2.05) is 31.0 Å². The van der Waals surface area contributed by atoms with Crippen LogP contribution >= 0.6 is 0 Å². The molecule has 0 radical (unpaired) electrons. The van der Waals surface area contributed by atoms with E-state index in [1.165, 1.54) is 11.1 Å². The molecule has 1 aliphatic heterocycles. The molecule has 2 aromatic carbocycles. The zero-order valence-electron chi connectivity index (χ0n) is 23.7. The lowest BCUT2D eigenvalue weighted by atomic mass is 9.69. The average molecular weight is 520 g/mol. The van der Waals surface area contributed by atoms with Gasteiger partial charge in [0.25, 0.3) is 0 Å². The maximum absolute atomic E-state index is 12.9. The molecule has 0 bridgehead atoms. The number of carboxylic acid groups (broad SMARTS) is 1. The number of hydrogen-bond donors (Lipinski definition) is 3. The van der Waals surface area contributed by atoms with E-state index >= 15 is 0 Å². The summed E-state index contributed by atoms with van der Waals surface area (Å²) in [6, 6.07) is 10.3. The number of carboxylic acids is 1. The first kappa shape index (κ1) is 27.8. The third-order valence-electron chi connectivity index (χ3n) is 8.49. The summed E-state index contributed by atoms with van der Waals surface area (Å²) in [7, 11) is 3.67. The lowest BCUT2D eigenvalue weighted by molar-refractivity contribution is -0.147. The van der Waals surface area contributed by atoms with Crippen LogP contribution in [0.25, 0.3) is 0 Å². The summed E-state index contributed by atoms with van der Waals surface area (Å²) >= 11 is 0. The minimum atomic E-state index is -1.11. The fourth-order valence-corrected chi connectivity index (χ4v) is 6.54. The van der Waals surface area contributed by atoms with E-state index in [4.69, 9.17) is 5.53 Å². The van der Waals surface area contributed by atoms with Gasteiger partial charge in [0, 0.05) is 39.1 Å². The van der Waals surface area contributed by atoms with Gasteiger partial charge in [-0.05, 0) is 72.9 Å². The second kappa shape index (κ2) is 10.1. The van der Waals surface area contributed by atoms with Crippen LogP contribution in [-0.4, -0.2) is 60.5 Å². The molecule has 2 aliphatic rings. The average Bonchev–Trinajstić information content (AvgIpc) is 3.23. The minimum Gasteiger partial charge on any atom is -0.481 e. The number of anilines is 1. The van der Waals surface area contributed by atoms with Gasteiger partial charge in [-0.25, -0.2) is 5.53 Å². The second-order valence-electron chi connectivity index (χ2n) is 12.3. The van der Waals surface area contributed by atoms with E-state index in [1.54, 1.807) is 20.9 Å². The number of aryl methyl sites for hydroxylation is 1. The Morgan fingerprint density at radius 3 is 2.58 bits per heavy atom. The quantitative estimate of drug-likeness (QED) is 0.405. The lowest BCUT2D eigenvalue weighted by Gasteiger charge is -2.35. The molecule has 38 heavy (non-hydrogen) atoms. The Kier molecular flexibility index (Phi) is 7.40. The molecule has 0 unspecified atom stereocenters. The highest BCUT2D eigenvalue weighted by atomic mass is 16.4. The number of likely N-dealkylation sites (N-methyl/N-ethyl adjacent to an activating group) is 1. The Morgan fingerprint density at radius 2 is 1.95 bits per heavy atom. The normalized spacial score (nSPS) is 20.6. The van der Waals surface area contributed by atoms with Crippen molar-refractivity contribution in [1.82, 2.24) is 9.80 Å². The van der Waals surface area contributed by atoms with Gasteiger partial charge in [0.1, 0.15) is 5.69 Å². The number of fused-ring (bicyclic) bond motifs is 1. The highest BCUT2D eigenvalue weighted by molar-refractivity contribution is 5.79. The smallest absolute Gasteiger partial charge is 0.310 e. The molecule has 1 aliphatic carbocycles. The number of hydrogen-bond acceptors (Lipinski definition) is 6. The Bertz CT molecular complexity index is 1270. The van der Waals surface area contributed by atoms with Gasteiger partial charge < -0.3 is 15.3 Å². The largest absolute Gasteiger partial charge is 0.481 e. The summed E-state index contributed by atoms with van der Waals surface area (Å²) < 4.78 is 0. The minimum absolute atomic E-state index is 0.0303. The van der Waals surface area contributed by atoms with Crippen molar-refractivity contribution in [2.75, 3.05) is 39.0 Å². The molecular formula is C30H41N5O3. The van der Waals surface area contributed by atoms with Gasteiger partial charge in [-0.1, -0.05) is 38.1 Å². The van der Waals surface area contributed by atoms with Crippen molar-refractivity contribution in [1.29, 1.82) is 5.53 Å². The number of carbonyl (C=O) groups excluding carboxylic acids is 1. The fourth-order valence-electron chi connectivity index (χ4n) is 6.54. The standard InChI is InChI=1S/C30H41N5O3/c1-18-21(11-12-23(32-6)27(18)33-31)26(30(4,5)28(37)38)20-9-8-19-10-13-24(22(19)14-20)35-15-25(36)34(7)16-29(2,3)17-35/h8-9,11-12,14,24,26,31-32H,10,13,15-17H2,1-7H3,(H,37,38)/t24-,26-/m0/s1. The first-order chi connectivity index (χ1) is 17.8. The van der Waals surface area contributed by atoms with Crippen LogP contribution in [0.2, 0.25) is 0 Å². The molecule has 0 spiro atoms. The zero-order valence-corrected chi connectivity index (χ0v) is 23.7. The van der Waals surface area contributed by atoms with Gasteiger partial charge >= 0.3 is 5.97 Å².